The Morgan fingerprint density at radius 3 is 2.48 bits per heavy atom. The summed E-state index contributed by atoms with van der Waals surface area (Å²) < 4.78 is 0. The maximum Gasteiger partial charge on any atom is 0.244 e. The second-order valence-electron chi connectivity index (χ2n) is 6.99. The molecule has 0 spiro atoms. The number of likely N-dealkylation sites (N-methyl/N-ethyl adjacent to an activating group) is 1. The third kappa shape index (κ3) is 3.76. The van der Waals surface area contributed by atoms with Crippen LogP contribution in [0.4, 0.5) is 0 Å². The SMILES string of the molecule is CCN(C)C(=O)C(C)NC(=O)C1CCC(N)C(C)C1(C)C. The van der Waals surface area contributed by atoms with E-state index in [9.17, 15) is 9.59 Å². The first-order chi connectivity index (χ1) is 9.62. The van der Waals surface area contributed by atoms with Crippen molar-refractivity contribution in [3.05, 3.63) is 0 Å². The lowest BCUT2D eigenvalue weighted by molar-refractivity contribution is -0.139. The van der Waals surface area contributed by atoms with E-state index in [0.717, 1.165) is 12.8 Å². The fourth-order valence-electron chi connectivity index (χ4n) is 3.18. The molecule has 0 aromatic rings. The summed E-state index contributed by atoms with van der Waals surface area (Å²) in [7, 11) is 1.75. The molecule has 122 valence electrons. The Morgan fingerprint density at radius 2 is 1.95 bits per heavy atom. The van der Waals surface area contributed by atoms with Crippen molar-refractivity contribution < 1.29 is 9.59 Å². The predicted octanol–water partition coefficient (Wildman–Crippen LogP) is 1.37. The maximum absolute atomic E-state index is 12.6. The van der Waals surface area contributed by atoms with Crippen molar-refractivity contribution in [3.63, 3.8) is 0 Å². The van der Waals surface area contributed by atoms with Crippen LogP contribution in [0.15, 0.2) is 0 Å². The van der Waals surface area contributed by atoms with Gasteiger partial charge in [0.1, 0.15) is 6.04 Å². The summed E-state index contributed by atoms with van der Waals surface area (Å²) in [5.41, 5.74) is 5.98. The quantitative estimate of drug-likeness (QED) is 0.823. The van der Waals surface area contributed by atoms with Gasteiger partial charge in [-0.25, -0.2) is 0 Å². The highest BCUT2D eigenvalue weighted by molar-refractivity contribution is 5.88. The second kappa shape index (κ2) is 6.77. The van der Waals surface area contributed by atoms with Crippen molar-refractivity contribution >= 4 is 11.8 Å². The molecular weight excluding hydrogens is 266 g/mol. The van der Waals surface area contributed by atoms with Crippen LogP contribution in [-0.2, 0) is 9.59 Å². The highest BCUT2D eigenvalue weighted by Crippen LogP contribution is 2.44. The number of carbonyl (C=O) groups excluding carboxylic acids is 2. The van der Waals surface area contributed by atoms with Crippen LogP contribution in [0.3, 0.4) is 0 Å². The summed E-state index contributed by atoms with van der Waals surface area (Å²) in [6.45, 7) is 10.6. The van der Waals surface area contributed by atoms with E-state index in [4.69, 9.17) is 5.73 Å². The Balaban J connectivity index is 2.73. The molecule has 0 saturated heterocycles. The average molecular weight is 297 g/mol. The number of hydrogen-bond acceptors (Lipinski definition) is 3. The first kappa shape index (κ1) is 18.0. The van der Waals surface area contributed by atoms with Gasteiger partial charge in [0, 0.05) is 25.6 Å². The van der Waals surface area contributed by atoms with Crippen molar-refractivity contribution in [1.82, 2.24) is 10.2 Å². The average Bonchev–Trinajstić information content (AvgIpc) is 2.42. The normalized spacial score (nSPS) is 29.6. The summed E-state index contributed by atoms with van der Waals surface area (Å²) in [4.78, 5) is 26.3. The lowest BCUT2D eigenvalue weighted by Crippen LogP contribution is -2.54. The summed E-state index contributed by atoms with van der Waals surface area (Å²) in [5.74, 6) is 0.120. The topological polar surface area (TPSA) is 75.4 Å². The molecule has 0 aromatic heterocycles. The summed E-state index contributed by atoms with van der Waals surface area (Å²) in [6.07, 6.45) is 1.65. The molecule has 1 saturated carbocycles. The van der Waals surface area contributed by atoms with Crippen molar-refractivity contribution in [2.24, 2.45) is 23.0 Å². The molecule has 4 atom stereocenters. The van der Waals surface area contributed by atoms with E-state index < -0.39 is 6.04 Å². The molecule has 2 amide bonds. The molecular formula is C16H31N3O2. The summed E-state index contributed by atoms with van der Waals surface area (Å²) in [6, 6.07) is -0.335. The number of amides is 2. The smallest absolute Gasteiger partial charge is 0.244 e. The third-order valence-corrected chi connectivity index (χ3v) is 5.40. The fraction of sp³-hybridized carbons (Fsp3) is 0.875. The second-order valence-corrected chi connectivity index (χ2v) is 6.99. The van der Waals surface area contributed by atoms with Gasteiger partial charge in [0.25, 0.3) is 0 Å². The van der Waals surface area contributed by atoms with E-state index in [0.29, 0.717) is 6.54 Å². The van der Waals surface area contributed by atoms with Gasteiger partial charge in [-0.15, -0.1) is 0 Å². The van der Waals surface area contributed by atoms with Crippen LogP contribution >= 0.6 is 0 Å². The lowest BCUT2D eigenvalue weighted by atomic mass is 9.61. The van der Waals surface area contributed by atoms with Crippen LogP contribution < -0.4 is 11.1 Å². The Bertz CT molecular complexity index is 395. The van der Waals surface area contributed by atoms with E-state index in [2.05, 4.69) is 26.1 Å². The van der Waals surface area contributed by atoms with Crippen molar-refractivity contribution in [3.8, 4) is 0 Å². The first-order valence-electron chi connectivity index (χ1n) is 7.93. The molecule has 0 aliphatic heterocycles. The molecule has 3 N–H and O–H groups in total. The van der Waals surface area contributed by atoms with E-state index in [-0.39, 0.29) is 35.1 Å². The zero-order chi connectivity index (χ0) is 16.4. The largest absolute Gasteiger partial charge is 0.344 e. The molecule has 0 heterocycles. The van der Waals surface area contributed by atoms with Crippen molar-refractivity contribution in [2.75, 3.05) is 13.6 Å². The number of nitrogens with two attached hydrogens (primary N) is 1. The Labute approximate surface area is 128 Å². The standard InChI is InChI=1S/C16H31N3O2/c1-7-19(6)15(21)11(3)18-14(20)12-8-9-13(17)10(2)16(12,4)5/h10-13H,7-9,17H2,1-6H3,(H,18,20). The van der Waals surface area contributed by atoms with Crippen LogP contribution in [0.2, 0.25) is 0 Å². The van der Waals surface area contributed by atoms with Crippen LogP contribution in [-0.4, -0.2) is 42.4 Å². The van der Waals surface area contributed by atoms with E-state index in [1.807, 2.05) is 6.92 Å². The Morgan fingerprint density at radius 1 is 1.38 bits per heavy atom. The number of rotatable bonds is 4. The van der Waals surface area contributed by atoms with Gasteiger partial charge in [0.2, 0.25) is 11.8 Å². The lowest BCUT2D eigenvalue weighted by Gasteiger charge is -2.46. The molecule has 5 heteroatoms. The third-order valence-electron chi connectivity index (χ3n) is 5.40. The number of nitrogens with one attached hydrogen (secondary N) is 1. The molecule has 1 rings (SSSR count). The Hall–Kier alpha value is -1.10. The van der Waals surface area contributed by atoms with E-state index in [1.165, 1.54) is 0 Å². The molecule has 1 fully saturated rings. The van der Waals surface area contributed by atoms with Gasteiger partial charge < -0.3 is 16.0 Å². The minimum Gasteiger partial charge on any atom is -0.344 e. The maximum atomic E-state index is 12.6. The van der Waals surface area contributed by atoms with Gasteiger partial charge in [-0.2, -0.15) is 0 Å². The minimum absolute atomic E-state index is 0.0240. The minimum atomic E-state index is -0.482. The van der Waals surface area contributed by atoms with Crippen LogP contribution in [0.25, 0.3) is 0 Å². The molecule has 21 heavy (non-hydrogen) atoms. The van der Waals surface area contributed by atoms with Gasteiger partial charge in [0.05, 0.1) is 0 Å². The van der Waals surface area contributed by atoms with Gasteiger partial charge >= 0.3 is 0 Å². The van der Waals surface area contributed by atoms with E-state index in [1.54, 1.807) is 18.9 Å². The van der Waals surface area contributed by atoms with Gasteiger partial charge in [-0.05, 0) is 38.0 Å². The number of carbonyl (C=O) groups is 2. The first-order valence-corrected chi connectivity index (χ1v) is 7.93. The van der Waals surface area contributed by atoms with Gasteiger partial charge in [0.15, 0.2) is 0 Å². The molecule has 0 bridgehead atoms. The molecule has 5 nitrogen and oxygen atoms in total. The van der Waals surface area contributed by atoms with Crippen LogP contribution in [0.5, 0.6) is 0 Å². The summed E-state index contributed by atoms with van der Waals surface area (Å²) >= 11 is 0. The van der Waals surface area contributed by atoms with Crippen molar-refractivity contribution in [1.29, 1.82) is 0 Å². The van der Waals surface area contributed by atoms with Crippen LogP contribution in [0.1, 0.15) is 47.5 Å². The monoisotopic (exact) mass is 297 g/mol. The molecule has 0 aromatic carbocycles. The van der Waals surface area contributed by atoms with Gasteiger partial charge in [-0.1, -0.05) is 20.8 Å². The number of hydrogen-bond donors (Lipinski definition) is 2. The highest BCUT2D eigenvalue weighted by atomic mass is 16.2. The molecule has 0 radical (unpaired) electrons. The predicted molar refractivity (Wildman–Crippen MR) is 84.6 cm³/mol. The molecule has 4 unspecified atom stereocenters. The zero-order valence-corrected chi connectivity index (χ0v) is 14.3. The van der Waals surface area contributed by atoms with Crippen molar-refractivity contribution in [2.45, 2.75) is 59.5 Å². The van der Waals surface area contributed by atoms with Crippen LogP contribution in [0, 0.1) is 17.3 Å². The Kier molecular flexibility index (Phi) is 5.79. The highest BCUT2D eigenvalue weighted by Gasteiger charge is 2.45. The zero-order valence-electron chi connectivity index (χ0n) is 14.3. The summed E-state index contributed by atoms with van der Waals surface area (Å²) in [5, 5.41) is 2.88. The molecule has 1 aliphatic rings. The molecule has 1 aliphatic carbocycles. The van der Waals surface area contributed by atoms with E-state index >= 15 is 0 Å². The number of nitrogens with zero attached hydrogens (tertiary/aromatic N) is 1. The van der Waals surface area contributed by atoms with Gasteiger partial charge in [-0.3, -0.25) is 9.59 Å². The fourth-order valence-corrected chi connectivity index (χ4v) is 3.18.